The van der Waals surface area contributed by atoms with Gasteiger partial charge in [0.2, 0.25) is 0 Å². The summed E-state index contributed by atoms with van der Waals surface area (Å²) in [5.74, 6) is 0.00113. The van der Waals surface area contributed by atoms with Crippen molar-refractivity contribution in [3.8, 4) is 0 Å². The van der Waals surface area contributed by atoms with E-state index in [-0.39, 0.29) is 11.9 Å². The third-order valence-corrected chi connectivity index (χ3v) is 3.21. The lowest BCUT2D eigenvalue weighted by atomic mass is 9.80. The van der Waals surface area contributed by atoms with Crippen LogP contribution in [0, 0.1) is 11.3 Å². The highest BCUT2D eigenvalue weighted by Gasteiger charge is 2.32. The third kappa shape index (κ3) is 2.71. The van der Waals surface area contributed by atoms with Crippen molar-refractivity contribution in [1.82, 2.24) is 0 Å². The van der Waals surface area contributed by atoms with Crippen LogP contribution in [0.1, 0.15) is 46.0 Å². The highest BCUT2D eigenvalue weighted by Crippen LogP contribution is 2.42. The molecule has 76 valence electrons. The standard InChI is InChI=1S/C11H20O2/c1-9(10(12)13-3)8-11(2)6-4-5-7-11/h9H,4-8H2,1-3H3. The summed E-state index contributed by atoms with van der Waals surface area (Å²) in [6.07, 6.45) is 6.18. The smallest absolute Gasteiger partial charge is 0.308 e. The lowest BCUT2D eigenvalue weighted by Gasteiger charge is -2.25. The molecule has 0 heterocycles. The predicted octanol–water partition coefficient (Wildman–Crippen LogP) is 2.77. The summed E-state index contributed by atoms with van der Waals surface area (Å²) in [4.78, 5) is 11.2. The Kier molecular flexibility index (Phi) is 3.34. The summed E-state index contributed by atoms with van der Waals surface area (Å²) >= 11 is 0. The van der Waals surface area contributed by atoms with Crippen molar-refractivity contribution in [2.75, 3.05) is 7.11 Å². The zero-order valence-corrected chi connectivity index (χ0v) is 8.93. The van der Waals surface area contributed by atoms with Gasteiger partial charge in [-0.15, -0.1) is 0 Å². The highest BCUT2D eigenvalue weighted by atomic mass is 16.5. The van der Waals surface area contributed by atoms with Crippen molar-refractivity contribution >= 4 is 5.97 Å². The SMILES string of the molecule is COC(=O)C(C)CC1(C)CCCC1. The molecule has 0 aliphatic heterocycles. The fourth-order valence-electron chi connectivity index (χ4n) is 2.46. The minimum Gasteiger partial charge on any atom is -0.469 e. The van der Waals surface area contributed by atoms with Gasteiger partial charge in [-0.05, 0) is 24.7 Å². The van der Waals surface area contributed by atoms with E-state index in [1.165, 1.54) is 32.8 Å². The largest absolute Gasteiger partial charge is 0.469 e. The van der Waals surface area contributed by atoms with Gasteiger partial charge in [0.15, 0.2) is 0 Å². The first-order chi connectivity index (χ1) is 6.07. The molecular weight excluding hydrogens is 164 g/mol. The van der Waals surface area contributed by atoms with Gasteiger partial charge < -0.3 is 4.74 Å². The van der Waals surface area contributed by atoms with E-state index in [9.17, 15) is 4.79 Å². The van der Waals surface area contributed by atoms with Crippen molar-refractivity contribution in [2.24, 2.45) is 11.3 Å². The lowest BCUT2D eigenvalue weighted by Crippen LogP contribution is -2.21. The summed E-state index contributed by atoms with van der Waals surface area (Å²) in [6.45, 7) is 4.26. The first kappa shape index (κ1) is 10.6. The Morgan fingerprint density at radius 2 is 2.00 bits per heavy atom. The van der Waals surface area contributed by atoms with Gasteiger partial charge in [0.1, 0.15) is 0 Å². The Hall–Kier alpha value is -0.530. The van der Waals surface area contributed by atoms with Crippen LogP contribution in [0.3, 0.4) is 0 Å². The molecule has 0 aromatic rings. The van der Waals surface area contributed by atoms with Crippen LogP contribution in [0.25, 0.3) is 0 Å². The van der Waals surface area contributed by atoms with E-state index in [1.807, 2.05) is 6.92 Å². The van der Waals surface area contributed by atoms with Crippen LogP contribution < -0.4 is 0 Å². The molecular formula is C11H20O2. The van der Waals surface area contributed by atoms with Gasteiger partial charge in [-0.25, -0.2) is 0 Å². The fraction of sp³-hybridized carbons (Fsp3) is 0.909. The van der Waals surface area contributed by atoms with Crippen LogP contribution in [0.2, 0.25) is 0 Å². The molecule has 2 nitrogen and oxygen atoms in total. The monoisotopic (exact) mass is 184 g/mol. The topological polar surface area (TPSA) is 26.3 Å². The zero-order valence-electron chi connectivity index (χ0n) is 8.93. The Labute approximate surface area is 80.7 Å². The van der Waals surface area contributed by atoms with Crippen LogP contribution in [-0.2, 0) is 9.53 Å². The molecule has 1 aliphatic carbocycles. The number of rotatable bonds is 3. The molecule has 0 saturated heterocycles. The molecule has 0 N–H and O–H groups in total. The first-order valence-corrected chi connectivity index (χ1v) is 5.15. The van der Waals surface area contributed by atoms with Gasteiger partial charge in [0.05, 0.1) is 13.0 Å². The molecule has 1 unspecified atom stereocenters. The Morgan fingerprint density at radius 3 is 2.46 bits per heavy atom. The van der Waals surface area contributed by atoms with Crippen molar-refractivity contribution in [2.45, 2.75) is 46.0 Å². The first-order valence-electron chi connectivity index (χ1n) is 5.15. The van der Waals surface area contributed by atoms with E-state index in [0.717, 1.165) is 6.42 Å². The average Bonchev–Trinajstić information content (AvgIpc) is 2.50. The number of methoxy groups -OCH3 is 1. The fourth-order valence-corrected chi connectivity index (χ4v) is 2.46. The molecule has 13 heavy (non-hydrogen) atoms. The molecule has 1 saturated carbocycles. The number of hydrogen-bond acceptors (Lipinski definition) is 2. The summed E-state index contributed by atoms with van der Waals surface area (Å²) in [5, 5.41) is 0. The summed E-state index contributed by atoms with van der Waals surface area (Å²) < 4.78 is 4.73. The minimum atomic E-state index is -0.0619. The highest BCUT2D eigenvalue weighted by molar-refractivity contribution is 5.71. The van der Waals surface area contributed by atoms with Crippen molar-refractivity contribution in [3.05, 3.63) is 0 Å². The van der Waals surface area contributed by atoms with Crippen molar-refractivity contribution in [3.63, 3.8) is 0 Å². The Balaban J connectivity index is 2.42. The maximum atomic E-state index is 11.2. The minimum absolute atomic E-state index is 0.0619. The van der Waals surface area contributed by atoms with E-state index in [1.54, 1.807) is 0 Å². The molecule has 1 rings (SSSR count). The van der Waals surface area contributed by atoms with Gasteiger partial charge in [0, 0.05) is 0 Å². The molecule has 2 heteroatoms. The number of carbonyl (C=O) groups is 1. The molecule has 0 aromatic heterocycles. The maximum absolute atomic E-state index is 11.2. The van der Waals surface area contributed by atoms with Crippen molar-refractivity contribution < 1.29 is 9.53 Å². The van der Waals surface area contributed by atoms with E-state index in [0.29, 0.717) is 5.41 Å². The van der Waals surface area contributed by atoms with E-state index in [4.69, 9.17) is 4.74 Å². The van der Waals surface area contributed by atoms with Gasteiger partial charge >= 0.3 is 5.97 Å². The second kappa shape index (κ2) is 4.12. The predicted molar refractivity (Wildman–Crippen MR) is 52.4 cm³/mol. The lowest BCUT2D eigenvalue weighted by molar-refractivity contribution is -0.145. The number of carbonyl (C=O) groups excluding carboxylic acids is 1. The molecule has 1 fully saturated rings. The second-order valence-electron chi connectivity index (χ2n) is 4.65. The van der Waals surface area contributed by atoms with E-state index < -0.39 is 0 Å². The van der Waals surface area contributed by atoms with Gasteiger partial charge in [-0.1, -0.05) is 26.7 Å². The summed E-state index contributed by atoms with van der Waals surface area (Å²) in [7, 11) is 1.47. The van der Waals surface area contributed by atoms with Crippen LogP contribution in [-0.4, -0.2) is 13.1 Å². The molecule has 0 aromatic carbocycles. The zero-order chi connectivity index (χ0) is 9.90. The van der Waals surface area contributed by atoms with Gasteiger partial charge in [-0.2, -0.15) is 0 Å². The Morgan fingerprint density at radius 1 is 1.46 bits per heavy atom. The van der Waals surface area contributed by atoms with Crippen LogP contribution in [0.5, 0.6) is 0 Å². The van der Waals surface area contributed by atoms with Gasteiger partial charge in [0.25, 0.3) is 0 Å². The average molecular weight is 184 g/mol. The molecule has 0 bridgehead atoms. The van der Waals surface area contributed by atoms with Crippen LogP contribution >= 0.6 is 0 Å². The van der Waals surface area contributed by atoms with E-state index in [2.05, 4.69) is 6.92 Å². The summed E-state index contributed by atoms with van der Waals surface area (Å²) in [6, 6.07) is 0. The van der Waals surface area contributed by atoms with E-state index >= 15 is 0 Å². The number of esters is 1. The summed E-state index contributed by atoms with van der Waals surface area (Å²) in [5.41, 5.74) is 0.396. The van der Waals surface area contributed by atoms with Gasteiger partial charge in [-0.3, -0.25) is 4.79 Å². The van der Waals surface area contributed by atoms with Crippen LogP contribution in [0.15, 0.2) is 0 Å². The number of hydrogen-bond donors (Lipinski definition) is 0. The van der Waals surface area contributed by atoms with Crippen molar-refractivity contribution in [1.29, 1.82) is 0 Å². The molecule has 0 amide bonds. The quantitative estimate of drug-likeness (QED) is 0.630. The molecule has 0 spiro atoms. The Bertz CT molecular complexity index is 181. The third-order valence-electron chi connectivity index (χ3n) is 3.21. The molecule has 1 aliphatic rings. The second-order valence-corrected chi connectivity index (χ2v) is 4.65. The normalized spacial score (nSPS) is 22.7. The molecule has 1 atom stereocenters. The van der Waals surface area contributed by atoms with Crippen LogP contribution in [0.4, 0.5) is 0 Å². The molecule has 0 radical (unpaired) electrons. The number of ether oxygens (including phenoxy) is 1. The maximum Gasteiger partial charge on any atom is 0.308 e.